The maximum absolute atomic E-state index is 13.4. The summed E-state index contributed by atoms with van der Waals surface area (Å²) in [6.07, 6.45) is 0. The molecule has 0 aliphatic carbocycles. The number of carbonyl (C=O) groups is 1. The first kappa shape index (κ1) is 14.5. The van der Waals surface area contributed by atoms with Crippen molar-refractivity contribution in [3.63, 3.8) is 0 Å². The number of aromatic nitrogens is 1. The minimum atomic E-state index is -1.21. The minimum Gasteiger partial charge on any atom is -0.478 e. The van der Waals surface area contributed by atoms with E-state index in [-0.39, 0.29) is 16.6 Å². The second-order valence-electron chi connectivity index (χ2n) is 4.72. The number of hydrogen-bond donors (Lipinski definition) is 2. The fraction of sp³-hybridized carbons (Fsp3) is 0. The van der Waals surface area contributed by atoms with Crippen LogP contribution in [0.4, 0.5) is 10.1 Å². The molecule has 3 aromatic rings. The van der Waals surface area contributed by atoms with Crippen molar-refractivity contribution < 1.29 is 14.3 Å². The summed E-state index contributed by atoms with van der Waals surface area (Å²) < 4.78 is 14.3. The summed E-state index contributed by atoms with van der Waals surface area (Å²) >= 11 is 3.33. The van der Waals surface area contributed by atoms with Gasteiger partial charge in [0.05, 0.1) is 22.5 Å². The highest BCUT2D eigenvalue weighted by molar-refractivity contribution is 9.10. The third-order valence-electron chi connectivity index (χ3n) is 3.32. The number of carboxylic acids is 1. The number of nitrogens with zero attached hydrogens (tertiary/aromatic N) is 1. The second-order valence-corrected chi connectivity index (χ2v) is 5.64. The van der Waals surface area contributed by atoms with Crippen LogP contribution in [-0.4, -0.2) is 16.1 Å². The average molecular weight is 361 g/mol. The molecule has 0 saturated carbocycles. The standard InChI is InChI=1S/C16H10BrFN2O2/c17-9-3-1-8(2-4-9)15-14(19)13(16(21)22)11-7-10(18)5-6-12(11)20-15/h1-7H,19H2,(H,21,22). The average Bonchev–Trinajstić information content (AvgIpc) is 2.47. The first-order chi connectivity index (χ1) is 10.5. The van der Waals surface area contributed by atoms with Crippen LogP contribution in [0.25, 0.3) is 22.2 Å². The van der Waals surface area contributed by atoms with Gasteiger partial charge in [0, 0.05) is 15.4 Å². The molecule has 0 radical (unpaired) electrons. The van der Waals surface area contributed by atoms with Crippen molar-refractivity contribution in [2.75, 3.05) is 5.73 Å². The number of nitrogen functional groups attached to an aromatic ring is 1. The monoisotopic (exact) mass is 360 g/mol. The molecule has 0 atom stereocenters. The number of rotatable bonds is 2. The minimum absolute atomic E-state index is 0.0212. The van der Waals surface area contributed by atoms with Gasteiger partial charge in [-0.2, -0.15) is 0 Å². The summed E-state index contributed by atoms with van der Waals surface area (Å²) in [5.74, 6) is -1.75. The van der Waals surface area contributed by atoms with Gasteiger partial charge in [-0.1, -0.05) is 28.1 Å². The van der Waals surface area contributed by atoms with Gasteiger partial charge < -0.3 is 10.8 Å². The van der Waals surface area contributed by atoms with Crippen LogP contribution in [-0.2, 0) is 0 Å². The number of carboxylic acid groups (broad SMARTS) is 1. The lowest BCUT2D eigenvalue weighted by Crippen LogP contribution is -2.07. The van der Waals surface area contributed by atoms with E-state index >= 15 is 0 Å². The Morgan fingerprint density at radius 2 is 1.86 bits per heavy atom. The largest absolute Gasteiger partial charge is 0.478 e. The third kappa shape index (κ3) is 2.42. The van der Waals surface area contributed by atoms with Crippen molar-refractivity contribution in [3.05, 3.63) is 58.3 Å². The van der Waals surface area contributed by atoms with Crippen molar-refractivity contribution >= 4 is 38.5 Å². The lowest BCUT2D eigenvalue weighted by Gasteiger charge is -2.12. The van der Waals surface area contributed by atoms with E-state index in [0.717, 1.165) is 10.5 Å². The summed E-state index contributed by atoms with van der Waals surface area (Å²) in [5, 5.41) is 9.62. The molecule has 22 heavy (non-hydrogen) atoms. The molecule has 2 aromatic carbocycles. The Balaban J connectivity index is 2.37. The van der Waals surface area contributed by atoms with Crippen LogP contribution >= 0.6 is 15.9 Å². The molecule has 0 aliphatic rings. The summed E-state index contributed by atoms with van der Waals surface area (Å²) in [5.41, 5.74) is 7.31. The van der Waals surface area contributed by atoms with E-state index in [1.165, 1.54) is 12.1 Å². The van der Waals surface area contributed by atoms with Crippen LogP contribution in [0.2, 0.25) is 0 Å². The maximum Gasteiger partial charge on any atom is 0.338 e. The second kappa shape index (κ2) is 5.38. The summed E-state index contributed by atoms with van der Waals surface area (Å²) in [6.45, 7) is 0. The Morgan fingerprint density at radius 3 is 2.50 bits per heavy atom. The number of halogens is 2. The van der Waals surface area contributed by atoms with Crippen molar-refractivity contribution in [3.8, 4) is 11.3 Å². The van der Waals surface area contributed by atoms with E-state index in [1.54, 1.807) is 12.1 Å². The zero-order valence-corrected chi connectivity index (χ0v) is 12.8. The molecule has 0 spiro atoms. The summed E-state index contributed by atoms with van der Waals surface area (Å²) in [4.78, 5) is 15.9. The predicted molar refractivity (Wildman–Crippen MR) is 86.2 cm³/mol. The number of pyridine rings is 1. The molecule has 0 fully saturated rings. The van der Waals surface area contributed by atoms with Crippen LogP contribution in [0.15, 0.2) is 46.9 Å². The van der Waals surface area contributed by atoms with Gasteiger partial charge in [-0.05, 0) is 30.3 Å². The fourth-order valence-electron chi connectivity index (χ4n) is 2.31. The molecule has 110 valence electrons. The van der Waals surface area contributed by atoms with Crippen molar-refractivity contribution in [2.24, 2.45) is 0 Å². The zero-order chi connectivity index (χ0) is 15.9. The maximum atomic E-state index is 13.4. The number of fused-ring (bicyclic) bond motifs is 1. The first-order valence-electron chi connectivity index (χ1n) is 6.35. The fourth-order valence-corrected chi connectivity index (χ4v) is 2.57. The molecule has 0 saturated heterocycles. The third-order valence-corrected chi connectivity index (χ3v) is 3.84. The molecule has 3 N–H and O–H groups in total. The number of aromatic carboxylic acids is 1. The normalized spacial score (nSPS) is 10.8. The predicted octanol–water partition coefficient (Wildman–Crippen LogP) is 4.08. The quantitative estimate of drug-likeness (QED) is 0.721. The molecule has 0 bridgehead atoms. The van der Waals surface area contributed by atoms with Gasteiger partial charge >= 0.3 is 5.97 Å². The molecular formula is C16H10BrFN2O2. The Kier molecular flexibility index (Phi) is 3.54. The number of hydrogen-bond acceptors (Lipinski definition) is 3. The lowest BCUT2D eigenvalue weighted by molar-refractivity contribution is 0.0700. The molecular weight excluding hydrogens is 351 g/mol. The molecule has 6 heteroatoms. The number of anilines is 1. The summed E-state index contributed by atoms with van der Waals surface area (Å²) in [6, 6.07) is 11.0. The van der Waals surface area contributed by atoms with Crippen molar-refractivity contribution in [2.45, 2.75) is 0 Å². The van der Waals surface area contributed by atoms with E-state index in [0.29, 0.717) is 16.8 Å². The van der Waals surface area contributed by atoms with Gasteiger partial charge in [0.25, 0.3) is 0 Å². The van der Waals surface area contributed by atoms with Gasteiger partial charge in [0.15, 0.2) is 0 Å². The summed E-state index contributed by atoms with van der Waals surface area (Å²) in [7, 11) is 0. The SMILES string of the molecule is Nc1c(-c2ccc(Br)cc2)nc2ccc(F)cc2c1C(=O)O. The molecule has 1 aromatic heterocycles. The van der Waals surface area contributed by atoms with Gasteiger partial charge in [0.2, 0.25) is 0 Å². The molecule has 4 nitrogen and oxygen atoms in total. The Morgan fingerprint density at radius 1 is 1.18 bits per heavy atom. The molecule has 0 amide bonds. The molecule has 3 rings (SSSR count). The van der Waals surface area contributed by atoms with Crippen LogP contribution in [0.3, 0.4) is 0 Å². The van der Waals surface area contributed by atoms with Gasteiger partial charge in [-0.15, -0.1) is 0 Å². The first-order valence-corrected chi connectivity index (χ1v) is 7.14. The number of benzene rings is 2. The van der Waals surface area contributed by atoms with Crippen LogP contribution < -0.4 is 5.73 Å². The number of nitrogens with two attached hydrogens (primary N) is 1. The van der Waals surface area contributed by atoms with Gasteiger partial charge in [-0.3, -0.25) is 0 Å². The molecule has 0 aliphatic heterocycles. The van der Waals surface area contributed by atoms with E-state index in [4.69, 9.17) is 5.73 Å². The van der Waals surface area contributed by atoms with E-state index < -0.39 is 11.8 Å². The van der Waals surface area contributed by atoms with Gasteiger partial charge in [0.1, 0.15) is 5.82 Å². The highest BCUT2D eigenvalue weighted by atomic mass is 79.9. The Bertz CT molecular complexity index is 895. The van der Waals surface area contributed by atoms with Crippen LogP contribution in [0.1, 0.15) is 10.4 Å². The Hall–Kier alpha value is -2.47. The topological polar surface area (TPSA) is 76.2 Å². The van der Waals surface area contributed by atoms with Gasteiger partial charge in [-0.25, -0.2) is 14.2 Å². The zero-order valence-electron chi connectivity index (χ0n) is 11.2. The van der Waals surface area contributed by atoms with Crippen molar-refractivity contribution in [1.82, 2.24) is 4.98 Å². The van der Waals surface area contributed by atoms with Crippen LogP contribution in [0, 0.1) is 5.82 Å². The smallest absolute Gasteiger partial charge is 0.338 e. The van der Waals surface area contributed by atoms with Crippen LogP contribution in [0.5, 0.6) is 0 Å². The van der Waals surface area contributed by atoms with E-state index in [9.17, 15) is 14.3 Å². The highest BCUT2D eigenvalue weighted by Gasteiger charge is 2.19. The van der Waals surface area contributed by atoms with E-state index in [2.05, 4.69) is 20.9 Å². The Labute approximate surface area is 133 Å². The highest BCUT2D eigenvalue weighted by Crippen LogP contribution is 2.33. The van der Waals surface area contributed by atoms with Crippen molar-refractivity contribution in [1.29, 1.82) is 0 Å². The van der Waals surface area contributed by atoms with E-state index in [1.807, 2.05) is 12.1 Å². The molecule has 0 unspecified atom stereocenters. The molecule has 1 heterocycles. The lowest BCUT2D eigenvalue weighted by atomic mass is 10.0.